The van der Waals surface area contributed by atoms with Crippen LogP contribution < -0.4 is 21.2 Å². The first-order valence-electron chi connectivity index (χ1n) is 15.2. The summed E-state index contributed by atoms with van der Waals surface area (Å²) in [5.41, 5.74) is -0.347. The molecule has 0 aliphatic heterocycles. The molecule has 0 aromatic heterocycles. The van der Waals surface area contributed by atoms with Gasteiger partial charge in [-0.3, -0.25) is 0 Å². The van der Waals surface area contributed by atoms with Gasteiger partial charge in [0, 0.05) is 5.92 Å². The van der Waals surface area contributed by atoms with E-state index >= 15 is 0 Å². The van der Waals surface area contributed by atoms with Crippen LogP contribution in [0.4, 0.5) is 0 Å². The highest BCUT2D eigenvalue weighted by Gasteiger charge is 2.40. The molecule has 8 heteroatoms. The van der Waals surface area contributed by atoms with Crippen molar-refractivity contribution < 1.29 is 29.8 Å². The molecule has 4 rings (SSSR count). The molecule has 0 aliphatic rings. The quantitative estimate of drug-likeness (QED) is 0.141. The van der Waals surface area contributed by atoms with E-state index in [1.807, 2.05) is 72.7 Å². The highest BCUT2D eigenvalue weighted by atomic mass is 31.2. The molecular formula is C37H52O6P2+2. The van der Waals surface area contributed by atoms with Crippen LogP contribution in [-0.2, 0) is 0 Å². The minimum Gasteiger partial charge on any atom is -0.392 e. The van der Waals surface area contributed by atoms with Crippen LogP contribution in [0, 0.1) is 16.7 Å². The predicted octanol–water partition coefficient (Wildman–Crippen LogP) is 5.77. The van der Waals surface area contributed by atoms with Crippen LogP contribution in [0.5, 0.6) is 0 Å². The number of rotatable bonds is 7. The largest absolute Gasteiger partial charge is 0.392 e. The lowest BCUT2D eigenvalue weighted by Gasteiger charge is -2.40. The Morgan fingerprint density at radius 1 is 0.444 bits per heavy atom. The van der Waals surface area contributed by atoms with E-state index in [2.05, 4.69) is 0 Å². The van der Waals surface area contributed by atoms with Gasteiger partial charge in [0.25, 0.3) is 0 Å². The van der Waals surface area contributed by atoms with Gasteiger partial charge in [-0.1, -0.05) is 121 Å². The zero-order chi connectivity index (χ0) is 33.9. The van der Waals surface area contributed by atoms with Gasteiger partial charge in [-0.25, -0.2) is 19.6 Å². The van der Waals surface area contributed by atoms with Gasteiger partial charge in [0.15, 0.2) is 21.2 Å². The van der Waals surface area contributed by atoms with Gasteiger partial charge in [0.2, 0.25) is 0 Å². The lowest BCUT2D eigenvalue weighted by molar-refractivity contribution is -0.0809. The normalized spacial score (nSPS) is 14.2. The second kappa shape index (κ2) is 16.9. The van der Waals surface area contributed by atoms with Crippen LogP contribution in [0.3, 0.4) is 0 Å². The smallest absolute Gasteiger partial charge is 0.333 e. The molecule has 45 heavy (non-hydrogen) atoms. The molecule has 0 saturated heterocycles. The minimum absolute atomic E-state index is 0.0509. The summed E-state index contributed by atoms with van der Waals surface area (Å²) in [5.74, 6) is -0.0509. The number of benzene rings is 4. The van der Waals surface area contributed by atoms with Crippen LogP contribution in [0.1, 0.15) is 54.9 Å². The third-order valence-corrected chi connectivity index (χ3v) is 11.6. The van der Waals surface area contributed by atoms with E-state index in [0.717, 1.165) is 6.42 Å². The Labute approximate surface area is 271 Å². The number of aliphatic hydroxyl groups excluding tert-OH is 2. The summed E-state index contributed by atoms with van der Waals surface area (Å²) in [6.07, 6.45) is -0.120. The molecule has 0 bridgehead atoms. The molecule has 4 aromatic rings. The van der Waals surface area contributed by atoms with E-state index in [-0.39, 0.29) is 16.7 Å². The molecule has 0 radical (unpaired) electrons. The number of aliphatic hydroxyl groups is 2. The van der Waals surface area contributed by atoms with Crippen molar-refractivity contribution in [3.05, 3.63) is 121 Å². The Hall–Kier alpha value is -2.50. The van der Waals surface area contributed by atoms with Gasteiger partial charge in [-0.15, -0.1) is 0 Å². The van der Waals surface area contributed by atoms with Crippen molar-refractivity contribution in [2.45, 2.75) is 67.1 Å². The molecule has 2 unspecified atom stereocenters. The second-order valence-corrected chi connectivity index (χ2v) is 17.7. The molecule has 2 atom stereocenters. The summed E-state index contributed by atoms with van der Waals surface area (Å²) in [5, 5.41) is 22.8. The maximum Gasteiger partial charge on any atom is 0.333 e. The fraction of sp³-hybridized carbons (Fsp3) is 0.351. The fourth-order valence-corrected chi connectivity index (χ4v) is 7.69. The first-order chi connectivity index (χ1) is 20.9. The Kier molecular flexibility index (Phi) is 14.5. The van der Waals surface area contributed by atoms with Gasteiger partial charge in [0.1, 0.15) is 0 Å². The molecule has 0 fully saturated rings. The summed E-state index contributed by atoms with van der Waals surface area (Å²) in [4.78, 5) is 40.5. The van der Waals surface area contributed by atoms with Gasteiger partial charge >= 0.3 is 15.4 Å². The van der Waals surface area contributed by atoms with Crippen molar-refractivity contribution in [3.8, 4) is 0 Å². The molecule has 0 aliphatic carbocycles. The molecule has 0 heterocycles. The summed E-state index contributed by atoms with van der Waals surface area (Å²) < 4.78 is 0. The summed E-state index contributed by atoms with van der Waals surface area (Å²) >= 11 is 0. The van der Waals surface area contributed by atoms with Gasteiger partial charge in [-0.2, -0.15) is 0 Å². The number of hydrogen-bond donors (Lipinski definition) is 6. The Balaban J connectivity index is 0.000000235. The average molecular weight is 655 g/mol. The fourth-order valence-electron chi connectivity index (χ4n) is 4.75. The summed E-state index contributed by atoms with van der Waals surface area (Å²) in [7, 11) is -6.29. The van der Waals surface area contributed by atoms with Crippen molar-refractivity contribution in [2.24, 2.45) is 16.7 Å². The van der Waals surface area contributed by atoms with E-state index in [1.54, 1.807) is 97.1 Å². The van der Waals surface area contributed by atoms with Crippen molar-refractivity contribution >= 4 is 36.7 Å². The van der Waals surface area contributed by atoms with Gasteiger partial charge in [0.05, 0.1) is 12.2 Å². The Morgan fingerprint density at radius 2 is 0.644 bits per heavy atom. The maximum absolute atomic E-state index is 10.2. The highest BCUT2D eigenvalue weighted by Crippen LogP contribution is 2.47. The van der Waals surface area contributed by atoms with Crippen molar-refractivity contribution in [1.82, 2.24) is 0 Å². The zero-order valence-electron chi connectivity index (χ0n) is 27.6. The molecular weight excluding hydrogens is 602 g/mol. The molecule has 244 valence electrons. The number of hydrogen-bond acceptors (Lipinski definition) is 6. The van der Waals surface area contributed by atoms with E-state index in [0.29, 0.717) is 21.2 Å². The van der Waals surface area contributed by atoms with Crippen molar-refractivity contribution in [1.29, 1.82) is 0 Å². The van der Waals surface area contributed by atoms with Gasteiger partial charge in [-0.05, 0) is 65.8 Å². The van der Waals surface area contributed by atoms with Crippen LogP contribution in [0.15, 0.2) is 121 Å². The Morgan fingerprint density at radius 3 is 0.800 bits per heavy atom. The first-order valence-corrected chi connectivity index (χ1v) is 18.6. The molecule has 4 aromatic carbocycles. The maximum atomic E-state index is 10.2. The summed E-state index contributed by atoms with van der Waals surface area (Å²) in [6.45, 7) is 14.1. The first kappa shape index (κ1) is 38.7. The van der Waals surface area contributed by atoms with Crippen LogP contribution in [0.2, 0.25) is 0 Å². The summed E-state index contributed by atoms with van der Waals surface area (Å²) in [6, 6.07) is 35.8. The molecule has 6 nitrogen and oxygen atoms in total. The van der Waals surface area contributed by atoms with E-state index in [9.17, 15) is 29.8 Å². The predicted molar refractivity (Wildman–Crippen MR) is 192 cm³/mol. The van der Waals surface area contributed by atoms with E-state index < -0.39 is 27.6 Å². The van der Waals surface area contributed by atoms with Gasteiger partial charge < -0.3 is 10.2 Å². The Bertz CT molecular complexity index is 1180. The molecule has 0 spiro atoms. The molecule has 6 N–H and O–H groups in total. The third-order valence-electron chi connectivity index (χ3n) is 7.52. The topological polar surface area (TPSA) is 121 Å². The zero-order valence-corrected chi connectivity index (χ0v) is 29.4. The average Bonchev–Trinajstić information content (AvgIpc) is 3.03. The minimum atomic E-state index is -3.15. The standard InChI is InChI=1S/C13H28O2.2C12H12O2P/c1-8-9(10(14)12(2,3)4)11(15)13(5,6)7;2*13-15(14,11-7-3-1-4-8-11)12-9-5-2-6-10-12/h9-11,14-15H,8H2,1-7H3;2*1-10,13-14H/q;2*+1. The van der Waals surface area contributed by atoms with E-state index in [1.165, 1.54) is 0 Å². The SMILES string of the molecule is CCC(C(O)C(C)(C)C)C(O)C(C)(C)C.O[P+](O)(c1ccccc1)c1ccccc1.O[P+](O)(c1ccccc1)c1ccccc1. The second-order valence-electron chi connectivity index (χ2n) is 13.2. The lowest BCUT2D eigenvalue weighted by Crippen LogP contribution is -2.45. The van der Waals surface area contributed by atoms with E-state index in [4.69, 9.17) is 0 Å². The monoisotopic (exact) mass is 654 g/mol. The van der Waals surface area contributed by atoms with Crippen molar-refractivity contribution in [3.63, 3.8) is 0 Å². The van der Waals surface area contributed by atoms with Crippen LogP contribution >= 0.6 is 15.4 Å². The van der Waals surface area contributed by atoms with Crippen molar-refractivity contribution in [2.75, 3.05) is 0 Å². The lowest BCUT2D eigenvalue weighted by atomic mass is 9.71. The molecule has 0 saturated carbocycles. The van der Waals surface area contributed by atoms with Crippen LogP contribution in [-0.4, -0.2) is 42.0 Å². The van der Waals surface area contributed by atoms with Crippen LogP contribution in [0.25, 0.3) is 0 Å². The third kappa shape index (κ3) is 11.4. The highest BCUT2D eigenvalue weighted by molar-refractivity contribution is 7.79. The molecule has 0 amide bonds.